The fourth-order valence-corrected chi connectivity index (χ4v) is 0.920. The highest BCUT2D eigenvalue weighted by atomic mass is 16.6. The van der Waals surface area contributed by atoms with Crippen molar-refractivity contribution in [3.05, 3.63) is 30.3 Å². The number of hydrogen-bond donors (Lipinski definition) is 3. The third-order valence-corrected chi connectivity index (χ3v) is 1.62. The number of aliphatic hydroxyl groups is 3. The summed E-state index contributed by atoms with van der Waals surface area (Å²) >= 11 is 0. The molecule has 1 unspecified atom stereocenters. The highest BCUT2D eigenvalue weighted by Gasteiger charge is 1.94. The Morgan fingerprint density at radius 2 is 1.56 bits per heavy atom. The van der Waals surface area contributed by atoms with Gasteiger partial charge in [0.1, 0.15) is 5.75 Å². The van der Waals surface area contributed by atoms with Crippen molar-refractivity contribution in [3.63, 3.8) is 0 Å². The summed E-state index contributed by atoms with van der Waals surface area (Å²) in [4.78, 5) is 0. The van der Waals surface area contributed by atoms with E-state index in [1.165, 1.54) is 0 Å². The molecule has 0 aliphatic carbocycles. The SMILES string of the molecule is CC(O)Oc1ccccc1.OCCCCO. The Labute approximate surface area is 96.1 Å². The molecule has 1 aromatic carbocycles. The van der Waals surface area contributed by atoms with E-state index >= 15 is 0 Å². The Morgan fingerprint density at radius 3 is 1.94 bits per heavy atom. The molecule has 0 aliphatic heterocycles. The lowest BCUT2D eigenvalue weighted by Gasteiger charge is -2.06. The molecule has 0 saturated carbocycles. The minimum atomic E-state index is -0.734. The average molecular weight is 228 g/mol. The molecule has 0 aliphatic rings. The second kappa shape index (κ2) is 10.4. The van der Waals surface area contributed by atoms with Crippen molar-refractivity contribution in [1.82, 2.24) is 0 Å². The first-order valence-electron chi connectivity index (χ1n) is 5.32. The van der Waals surface area contributed by atoms with Gasteiger partial charge in [-0.05, 0) is 31.9 Å². The molecule has 4 nitrogen and oxygen atoms in total. The molecule has 0 amide bonds. The smallest absolute Gasteiger partial charge is 0.194 e. The molecule has 1 aromatic rings. The molecule has 92 valence electrons. The summed E-state index contributed by atoms with van der Waals surface area (Å²) in [6.45, 7) is 1.97. The Morgan fingerprint density at radius 1 is 1.06 bits per heavy atom. The molecule has 0 saturated heterocycles. The zero-order valence-electron chi connectivity index (χ0n) is 9.54. The normalized spacial score (nSPS) is 11.2. The molecule has 0 fully saturated rings. The van der Waals surface area contributed by atoms with Crippen LogP contribution in [0.1, 0.15) is 19.8 Å². The quantitative estimate of drug-likeness (QED) is 0.522. The zero-order chi connectivity index (χ0) is 12.2. The number of para-hydroxylation sites is 1. The highest BCUT2D eigenvalue weighted by Crippen LogP contribution is 2.09. The maximum Gasteiger partial charge on any atom is 0.194 e. The summed E-state index contributed by atoms with van der Waals surface area (Å²) in [5.74, 6) is 0.692. The van der Waals surface area contributed by atoms with E-state index in [-0.39, 0.29) is 13.2 Å². The van der Waals surface area contributed by atoms with Gasteiger partial charge in [-0.25, -0.2) is 0 Å². The number of aliphatic hydroxyl groups excluding tert-OH is 3. The molecule has 1 rings (SSSR count). The molecule has 0 radical (unpaired) electrons. The van der Waals surface area contributed by atoms with Crippen LogP contribution in [0.15, 0.2) is 30.3 Å². The topological polar surface area (TPSA) is 69.9 Å². The van der Waals surface area contributed by atoms with Crippen LogP contribution in [-0.2, 0) is 0 Å². The van der Waals surface area contributed by atoms with E-state index in [4.69, 9.17) is 20.1 Å². The van der Waals surface area contributed by atoms with Gasteiger partial charge in [-0.15, -0.1) is 0 Å². The summed E-state index contributed by atoms with van der Waals surface area (Å²) in [5, 5.41) is 25.0. The maximum absolute atomic E-state index is 8.78. The first kappa shape index (κ1) is 14.9. The van der Waals surface area contributed by atoms with E-state index < -0.39 is 6.29 Å². The number of rotatable bonds is 5. The van der Waals surface area contributed by atoms with Crippen LogP contribution in [0, 0.1) is 0 Å². The fourth-order valence-electron chi connectivity index (χ4n) is 0.920. The summed E-state index contributed by atoms with van der Waals surface area (Å²) in [7, 11) is 0. The van der Waals surface area contributed by atoms with Gasteiger partial charge in [0.05, 0.1) is 0 Å². The third-order valence-electron chi connectivity index (χ3n) is 1.62. The lowest BCUT2D eigenvalue weighted by Crippen LogP contribution is -2.08. The Hall–Kier alpha value is -1.10. The molecule has 0 heterocycles. The van der Waals surface area contributed by atoms with Gasteiger partial charge < -0.3 is 20.1 Å². The summed E-state index contributed by atoms with van der Waals surface area (Å²) < 4.78 is 4.97. The van der Waals surface area contributed by atoms with Crippen LogP contribution >= 0.6 is 0 Å². The Bertz CT molecular complexity index is 232. The largest absolute Gasteiger partial charge is 0.465 e. The predicted molar refractivity (Wildman–Crippen MR) is 62.2 cm³/mol. The molecular weight excluding hydrogens is 208 g/mol. The Balaban J connectivity index is 0.000000325. The van der Waals surface area contributed by atoms with Crippen molar-refractivity contribution in [3.8, 4) is 5.75 Å². The van der Waals surface area contributed by atoms with Gasteiger partial charge in [-0.2, -0.15) is 0 Å². The minimum absolute atomic E-state index is 0.195. The monoisotopic (exact) mass is 228 g/mol. The van der Waals surface area contributed by atoms with Crippen LogP contribution in [0.5, 0.6) is 5.75 Å². The molecule has 1 atom stereocenters. The van der Waals surface area contributed by atoms with Gasteiger partial charge in [0.15, 0.2) is 6.29 Å². The van der Waals surface area contributed by atoms with E-state index in [0.29, 0.717) is 5.75 Å². The summed E-state index contributed by atoms with van der Waals surface area (Å²) in [6, 6.07) is 9.21. The second-order valence-electron chi connectivity index (χ2n) is 3.18. The van der Waals surface area contributed by atoms with Gasteiger partial charge in [0.25, 0.3) is 0 Å². The molecule has 16 heavy (non-hydrogen) atoms. The van der Waals surface area contributed by atoms with Crippen molar-refractivity contribution >= 4 is 0 Å². The van der Waals surface area contributed by atoms with Crippen molar-refractivity contribution in [2.45, 2.75) is 26.1 Å². The fraction of sp³-hybridized carbons (Fsp3) is 0.500. The van der Waals surface area contributed by atoms with E-state index in [2.05, 4.69) is 0 Å². The molecule has 0 spiro atoms. The van der Waals surface area contributed by atoms with Crippen LogP contribution in [0.3, 0.4) is 0 Å². The maximum atomic E-state index is 8.78. The summed E-state index contributed by atoms with van der Waals surface area (Å²) in [6.07, 6.45) is 0.704. The third kappa shape index (κ3) is 9.45. The number of benzene rings is 1. The Kier molecular flexibility index (Phi) is 9.70. The molecule has 0 aromatic heterocycles. The molecule has 0 bridgehead atoms. The van der Waals surface area contributed by atoms with Crippen LogP contribution in [0.2, 0.25) is 0 Å². The second-order valence-corrected chi connectivity index (χ2v) is 3.18. The number of unbranched alkanes of at least 4 members (excludes halogenated alkanes) is 1. The first-order chi connectivity index (χ1) is 7.70. The van der Waals surface area contributed by atoms with Crippen molar-refractivity contribution < 1.29 is 20.1 Å². The van der Waals surface area contributed by atoms with Crippen LogP contribution in [0.4, 0.5) is 0 Å². The van der Waals surface area contributed by atoms with Crippen molar-refractivity contribution in [1.29, 1.82) is 0 Å². The van der Waals surface area contributed by atoms with Gasteiger partial charge >= 0.3 is 0 Å². The van der Waals surface area contributed by atoms with E-state index in [0.717, 1.165) is 12.8 Å². The number of ether oxygens (including phenoxy) is 1. The van der Waals surface area contributed by atoms with Gasteiger partial charge in [0, 0.05) is 13.2 Å². The minimum Gasteiger partial charge on any atom is -0.465 e. The van der Waals surface area contributed by atoms with Crippen LogP contribution in [-0.4, -0.2) is 34.8 Å². The zero-order valence-corrected chi connectivity index (χ0v) is 9.54. The lowest BCUT2D eigenvalue weighted by atomic mass is 10.3. The lowest BCUT2D eigenvalue weighted by molar-refractivity contribution is -0.000288. The van der Waals surface area contributed by atoms with Crippen molar-refractivity contribution in [2.24, 2.45) is 0 Å². The molecule has 3 N–H and O–H groups in total. The predicted octanol–water partition coefficient (Wildman–Crippen LogP) is 1.15. The average Bonchev–Trinajstić information content (AvgIpc) is 2.28. The van der Waals surface area contributed by atoms with E-state index in [9.17, 15) is 0 Å². The van der Waals surface area contributed by atoms with Gasteiger partial charge in [-0.3, -0.25) is 0 Å². The molecule has 4 heteroatoms. The van der Waals surface area contributed by atoms with Crippen LogP contribution < -0.4 is 4.74 Å². The van der Waals surface area contributed by atoms with E-state index in [1.54, 1.807) is 19.1 Å². The molecular formula is C12H20O4. The van der Waals surface area contributed by atoms with Gasteiger partial charge in [-0.1, -0.05) is 18.2 Å². The van der Waals surface area contributed by atoms with Crippen molar-refractivity contribution in [2.75, 3.05) is 13.2 Å². The number of hydrogen-bond acceptors (Lipinski definition) is 4. The van der Waals surface area contributed by atoms with Gasteiger partial charge in [0.2, 0.25) is 0 Å². The van der Waals surface area contributed by atoms with E-state index in [1.807, 2.05) is 18.2 Å². The van der Waals surface area contributed by atoms with Crippen LogP contribution in [0.25, 0.3) is 0 Å². The summed E-state index contributed by atoms with van der Waals surface area (Å²) in [5.41, 5.74) is 0. The first-order valence-corrected chi connectivity index (χ1v) is 5.32. The highest BCUT2D eigenvalue weighted by molar-refractivity contribution is 5.20. The standard InChI is InChI=1S/C8H10O2.C4H10O2/c1-7(9)10-8-5-3-2-4-6-8;5-3-1-2-4-6/h2-7,9H,1H3;5-6H,1-4H2.